The smallest absolute Gasteiger partial charge is 0.271 e. The van der Waals surface area contributed by atoms with Gasteiger partial charge in [-0.05, 0) is 64.4 Å². The van der Waals surface area contributed by atoms with E-state index in [4.69, 9.17) is 19.9 Å². The Labute approximate surface area is 208 Å². The molecule has 0 aliphatic heterocycles. The van der Waals surface area contributed by atoms with Gasteiger partial charge in [0.15, 0.2) is 18.1 Å². The van der Waals surface area contributed by atoms with Gasteiger partial charge in [0.1, 0.15) is 12.4 Å². The molecule has 36 heavy (non-hydrogen) atoms. The summed E-state index contributed by atoms with van der Waals surface area (Å²) in [5.74, 6) is 0.495. The van der Waals surface area contributed by atoms with Crippen molar-refractivity contribution >= 4 is 28.8 Å². The number of hydrogen-bond acceptors (Lipinski definition) is 6. The van der Waals surface area contributed by atoms with Gasteiger partial charge in [-0.1, -0.05) is 42.5 Å². The van der Waals surface area contributed by atoms with Gasteiger partial charge in [0, 0.05) is 5.56 Å². The molecule has 0 aromatic heterocycles. The van der Waals surface area contributed by atoms with Crippen LogP contribution in [-0.4, -0.2) is 31.7 Å². The highest BCUT2D eigenvalue weighted by Gasteiger charge is 2.08. The predicted octanol–water partition coefficient (Wildman–Crippen LogP) is 4.06. The number of benzene rings is 4. The highest BCUT2D eigenvalue weighted by molar-refractivity contribution is 5.95. The molecule has 4 rings (SSSR count). The van der Waals surface area contributed by atoms with E-state index in [2.05, 4.69) is 28.7 Å². The molecule has 0 bridgehead atoms. The van der Waals surface area contributed by atoms with E-state index in [1.807, 2.05) is 24.3 Å². The third kappa shape index (κ3) is 6.18. The van der Waals surface area contributed by atoms with Crippen LogP contribution in [-0.2, 0) is 11.4 Å². The van der Waals surface area contributed by atoms with E-state index in [0.29, 0.717) is 35.0 Å². The zero-order valence-electron chi connectivity index (χ0n) is 19.6. The molecule has 0 atom stereocenters. The van der Waals surface area contributed by atoms with Crippen LogP contribution in [0, 0.1) is 0 Å². The van der Waals surface area contributed by atoms with E-state index < -0.39 is 5.91 Å². The molecule has 3 N–H and O–H groups in total. The topological polar surface area (TPSA) is 112 Å². The molecular formula is C28H25N3O5. The van der Waals surface area contributed by atoms with Crippen molar-refractivity contribution in [1.82, 2.24) is 5.43 Å². The molecule has 182 valence electrons. The second-order valence-electron chi connectivity index (χ2n) is 7.82. The summed E-state index contributed by atoms with van der Waals surface area (Å²) in [5, 5.41) is 6.31. The van der Waals surface area contributed by atoms with Gasteiger partial charge in [-0.3, -0.25) is 9.59 Å². The lowest BCUT2D eigenvalue weighted by Gasteiger charge is -2.10. The summed E-state index contributed by atoms with van der Waals surface area (Å²) in [6, 6.07) is 26.1. The minimum absolute atomic E-state index is 0.257. The molecular weight excluding hydrogens is 458 g/mol. The Morgan fingerprint density at radius 2 is 1.69 bits per heavy atom. The van der Waals surface area contributed by atoms with Gasteiger partial charge in [0.05, 0.1) is 13.3 Å². The van der Waals surface area contributed by atoms with Crippen LogP contribution < -0.4 is 25.4 Å². The molecule has 0 unspecified atom stereocenters. The number of ether oxygens (including phenoxy) is 3. The predicted molar refractivity (Wildman–Crippen MR) is 137 cm³/mol. The highest BCUT2D eigenvalue weighted by atomic mass is 16.5. The van der Waals surface area contributed by atoms with Crippen molar-refractivity contribution in [2.75, 3.05) is 13.7 Å². The monoisotopic (exact) mass is 483 g/mol. The fourth-order valence-corrected chi connectivity index (χ4v) is 3.54. The second kappa shape index (κ2) is 11.5. The van der Waals surface area contributed by atoms with Crippen molar-refractivity contribution in [2.45, 2.75) is 6.61 Å². The first-order chi connectivity index (χ1) is 17.5. The fourth-order valence-electron chi connectivity index (χ4n) is 3.54. The maximum absolute atomic E-state index is 12.4. The highest BCUT2D eigenvalue weighted by Crippen LogP contribution is 2.27. The number of rotatable bonds is 10. The number of nitrogens with one attached hydrogen (secondary N) is 1. The Hall–Kier alpha value is -4.85. The third-order valence-corrected chi connectivity index (χ3v) is 5.33. The Morgan fingerprint density at radius 3 is 2.47 bits per heavy atom. The van der Waals surface area contributed by atoms with E-state index in [9.17, 15) is 9.59 Å². The number of carbonyl (C=O) groups is 2. The lowest BCUT2D eigenvalue weighted by molar-refractivity contribution is -0.119. The fraction of sp³-hybridized carbons (Fsp3) is 0.107. The molecule has 4 aromatic rings. The van der Waals surface area contributed by atoms with Crippen LogP contribution in [0.2, 0.25) is 0 Å². The average Bonchev–Trinajstić information content (AvgIpc) is 2.91. The van der Waals surface area contributed by atoms with Gasteiger partial charge in [-0.25, -0.2) is 5.43 Å². The van der Waals surface area contributed by atoms with Crippen molar-refractivity contribution in [3.8, 4) is 17.2 Å². The van der Waals surface area contributed by atoms with Gasteiger partial charge in [-0.2, -0.15) is 5.10 Å². The third-order valence-electron chi connectivity index (χ3n) is 5.33. The standard InChI is InChI=1S/C28H25N3O5/c1-34-26-15-19(9-14-25(26)36-18-27(29)32)16-30-31-28(33)21-10-12-23(13-11-21)35-17-22-7-4-6-20-5-2-3-8-24(20)22/h2-16H,17-18H2,1H3,(H2,29,32)(H,31,33)/b30-16+. The van der Waals surface area contributed by atoms with E-state index >= 15 is 0 Å². The quantitative estimate of drug-likeness (QED) is 0.261. The molecule has 0 aliphatic rings. The summed E-state index contributed by atoms with van der Waals surface area (Å²) in [7, 11) is 1.48. The van der Waals surface area contributed by atoms with Gasteiger partial charge >= 0.3 is 0 Å². The minimum atomic E-state index is -0.588. The number of carbonyl (C=O) groups excluding carboxylic acids is 2. The summed E-state index contributed by atoms with van der Waals surface area (Å²) in [6.07, 6.45) is 1.47. The molecule has 0 spiro atoms. The number of hydrogen-bond donors (Lipinski definition) is 2. The largest absolute Gasteiger partial charge is 0.493 e. The molecule has 8 heteroatoms. The van der Waals surface area contributed by atoms with E-state index in [1.54, 1.807) is 42.5 Å². The first kappa shape index (κ1) is 24.3. The lowest BCUT2D eigenvalue weighted by Crippen LogP contribution is -2.20. The normalized spacial score (nSPS) is 10.8. The zero-order chi connectivity index (χ0) is 25.3. The second-order valence-corrected chi connectivity index (χ2v) is 7.82. The van der Waals surface area contributed by atoms with Gasteiger partial charge in [0.25, 0.3) is 11.8 Å². The summed E-state index contributed by atoms with van der Waals surface area (Å²) in [6.45, 7) is 0.167. The first-order valence-corrected chi connectivity index (χ1v) is 11.2. The number of amides is 2. The van der Waals surface area contributed by atoms with E-state index in [-0.39, 0.29) is 12.5 Å². The van der Waals surface area contributed by atoms with Crippen LogP contribution >= 0.6 is 0 Å². The van der Waals surface area contributed by atoms with Crippen molar-refractivity contribution in [3.63, 3.8) is 0 Å². The number of hydrazone groups is 1. The van der Waals surface area contributed by atoms with Crippen LogP contribution in [0.15, 0.2) is 90.0 Å². The van der Waals surface area contributed by atoms with Crippen molar-refractivity contribution in [1.29, 1.82) is 0 Å². The molecule has 4 aromatic carbocycles. The van der Waals surface area contributed by atoms with Crippen LogP contribution in [0.3, 0.4) is 0 Å². The molecule has 0 radical (unpaired) electrons. The summed E-state index contributed by atoms with van der Waals surface area (Å²) >= 11 is 0. The zero-order valence-corrected chi connectivity index (χ0v) is 19.6. The SMILES string of the molecule is COc1cc(/C=N/NC(=O)c2ccc(OCc3cccc4ccccc34)cc2)ccc1OCC(N)=O. The van der Waals surface area contributed by atoms with E-state index in [1.165, 1.54) is 13.3 Å². The summed E-state index contributed by atoms with van der Waals surface area (Å²) in [5.41, 5.74) is 9.79. The number of primary amides is 1. The van der Waals surface area contributed by atoms with Crippen LogP contribution in [0.5, 0.6) is 17.2 Å². The molecule has 2 amide bonds. The molecule has 8 nitrogen and oxygen atoms in total. The Bertz CT molecular complexity index is 1390. The minimum Gasteiger partial charge on any atom is -0.493 e. The number of fused-ring (bicyclic) bond motifs is 1. The van der Waals surface area contributed by atoms with E-state index in [0.717, 1.165) is 16.3 Å². The average molecular weight is 484 g/mol. The maximum Gasteiger partial charge on any atom is 0.271 e. The Morgan fingerprint density at radius 1 is 0.917 bits per heavy atom. The first-order valence-electron chi connectivity index (χ1n) is 11.2. The van der Waals surface area contributed by atoms with Crippen LogP contribution in [0.4, 0.5) is 0 Å². The van der Waals surface area contributed by atoms with Crippen molar-refractivity contribution < 1.29 is 23.8 Å². The number of methoxy groups -OCH3 is 1. The molecule has 0 saturated carbocycles. The maximum atomic E-state index is 12.4. The Kier molecular flexibility index (Phi) is 7.77. The lowest BCUT2D eigenvalue weighted by atomic mass is 10.1. The molecule has 0 aliphatic carbocycles. The van der Waals surface area contributed by atoms with Crippen molar-refractivity contribution in [3.05, 3.63) is 102 Å². The summed E-state index contributed by atoms with van der Waals surface area (Å²) in [4.78, 5) is 23.3. The number of nitrogens with zero attached hydrogens (tertiary/aromatic N) is 1. The van der Waals surface area contributed by atoms with Gasteiger partial charge in [-0.15, -0.1) is 0 Å². The Balaban J connectivity index is 1.33. The molecule has 0 heterocycles. The van der Waals surface area contributed by atoms with Crippen LogP contribution in [0.1, 0.15) is 21.5 Å². The van der Waals surface area contributed by atoms with Crippen LogP contribution in [0.25, 0.3) is 10.8 Å². The van der Waals surface area contributed by atoms with Crippen molar-refractivity contribution in [2.24, 2.45) is 10.8 Å². The summed E-state index contributed by atoms with van der Waals surface area (Å²) < 4.78 is 16.5. The number of nitrogens with two attached hydrogens (primary N) is 1. The van der Waals surface area contributed by atoms with Gasteiger partial charge < -0.3 is 19.9 Å². The van der Waals surface area contributed by atoms with Gasteiger partial charge in [0.2, 0.25) is 0 Å². The molecule has 0 fully saturated rings. The molecule has 0 saturated heterocycles.